The van der Waals surface area contributed by atoms with Gasteiger partial charge in [0.1, 0.15) is 24.4 Å². The Morgan fingerprint density at radius 3 is 1.05 bits per heavy atom. The monoisotopic (exact) mass is 1290 g/mol. The lowest BCUT2D eigenvalue weighted by Gasteiger charge is -2.40. The smallest absolute Gasteiger partial charge is 0.305 e. The van der Waals surface area contributed by atoms with Gasteiger partial charge in [0.05, 0.1) is 32.0 Å². The Morgan fingerprint density at radius 2 is 0.703 bits per heavy atom. The fourth-order valence-electron chi connectivity index (χ4n) is 13.0. The highest BCUT2D eigenvalue weighted by Crippen LogP contribution is 2.24. The molecule has 7 unspecified atom stereocenters. The molecule has 1 fully saturated rings. The third-order valence-electron chi connectivity index (χ3n) is 19.3. The van der Waals surface area contributed by atoms with Gasteiger partial charge in [-0.05, 0) is 57.8 Å². The van der Waals surface area contributed by atoms with Crippen LogP contribution in [-0.2, 0) is 23.8 Å². The maximum Gasteiger partial charge on any atom is 0.305 e. The summed E-state index contributed by atoms with van der Waals surface area (Å²) < 4.78 is 16.8. The minimum Gasteiger partial charge on any atom is -0.466 e. The molecule has 91 heavy (non-hydrogen) atoms. The van der Waals surface area contributed by atoms with Gasteiger partial charge in [-0.3, -0.25) is 9.59 Å². The van der Waals surface area contributed by atoms with Crippen molar-refractivity contribution in [3.05, 3.63) is 24.3 Å². The van der Waals surface area contributed by atoms with Crippen LogP contribution in [0.5, 0.6) is 0 Å². The van der Waals surface area contributed by atoms with Gasteiger partial charge in [0.25, 0.3) is 0 Å². The van der Waals surface area contributed by atoms with Gasteiger partial charge in [0.15, 0.2) is 6.29 Å². The fraction of sp³-hybridized carbons (Fsp3) is 0.925. The zero-order valence-electron chi connectivity index (χ0n) is 60.1. The molecule has 0 aliphatic carbocycles. The third kappa shape index (κ3) is 58.1. The molecule has 1 amide bonds. The standard InChI is InChI=1S/C80H153NO10/c1-3-5-7-9-11-13-15-46-50-54-58-62-66-73(83)72(71-90-80-79(88)78(87)77(86)74(70-82)91-80)81-75(84)67-63-59-55-51-47-44-42-40-38-36-34-32-30-28-26-24-22-20-18-17-19-21-23-25-27-29-31-33-35-37-39-41-43-45-49-53-57-61-65-69-89-76(85)68-64-60-56-52-48-16-14-12-10-8-6-4-2/h17-18,62,66,72-74,77-80,82-83,86-88H,3-16,19-61,63-65,67-71H2,1-2H3,(H,81,84)/b18-17-,66-62+. The van der Waals surface area contributed by atoms with Gasteiger partial charge in [0.2, 0.25) is 5.91 Å². The van der Waals surface area contributed by atoms with Gasteiger partial charge in [-0.1, -0.05) is 366 Å². The third-order valence-corrected chi connectivity index (χ3v) is 19.3. The van der Waals surface area contributed by atoms with E-state index in [4.69, 9.17) is 14.2 Å². The Bertz CT molecular complexity index is 1560. The van der Waals surface area contributed by atoms with Gasteiger partial charge in [-0.25, -0.2) is 0 Å². The topological polar surface area (TPSA) is 175 Å². The van der Waals surface area contributed by atoms with Crippen molar-refractivity contribution < 1.29 is 49.3 Å². The minimum atomic E-state index is -1.57. The molecule has 0 saturated carbocycles. The Labute approximate surface area is 562 Å². The molecule has 7 atom stereocenters. The Morgan fingerprint density at radius 1 is 0.396 bits per heavy atom. The number of carbonyl (C=O) groups is 2. The van der Waals surface area contributed by atoms with Crippen LogP contribution in [0.4, 0.5) is 0 Å². The number of carbonyl (C=O) groups excluding carboxylic acids is 2. The summed E-state index contributed by atoms with van der Waals surface area (Å²) in [5.74, 6) is -0.157. The highest BCUT2D eigenvalue weighted by atomic mass is 16.7. The highest BCUT2D eigenvalue weighted by Gasteiger charge is 2.44. The number of allylic oxidation sites excluding steroid dienone is 3. The molecule has 11 heteroatoms. The molecule has 0 radical (unpaired) electrons. The maximum atomic E-state index is 13.1. The largest absolute Gasteiger partial charge is 0.466 e. The van der Waals surface area contributed by atoms with Crippen molar-refractivity contribution in [2.75, 3.05) is 19.8 Å². The molecule has 0 spiro atoms. The fourth-order valence-corrected chi connectivity index (χ4v) is 13.0. The molecule has 1 aliphatic rings. The summed E-state index contributed by atoms with van der Waals surface area (Å²) in [6, 6.07) is -0.806. The van der Waals surface area contributed by atoms with Crippen molar-refractivity contribution in [1.29, 1.82) is 0 Å². The van der Waals surface area contributed by atoms with E-state index < -0.39 is 49.5 Å². The lowest BCUT2D eigenvalue weighted by Crippen LogP contribution is -2.60. The van der Waals surface area contributed by atoms with Crippen LogP contribution < -0.4 is 5.32 Å². The average molecular weight is 1290 g/mol. The van der Waals surface area contributed by atoms with Crippen molar-refractivity contribution in [1.82, 2.24) is 5.32 Å². The molecule has 0 aromatic carbocycles. The first-order valence-electron chi connectivity index (χ1n) is 40.1. The van der Waals surface area contributed by atoms with Crippen molar-refractivity contribution in [3.63, 3.8) is 0 Å². The number of esters is 1. The number of hydrogen-bond donors (Lipinski definition) is 6. The average Bonchev–Trinajstić information content (AvgIpc) is 1.37. The molecule has 1 heterocycles. The van der Waals surface area contributed by atoms with Crippen LogP contribution in [0.3, 0.4) is 0 Å². The molecular formula is C80H153NO10. The Balaban J connectivity index is 1.88. The van der Waals surface area contributed by atoms with E-state index in [1.54, 1.807) is 6.08 Å². The maximum absolute atomic E-state index is 13.1. The first-order chi connectivity index (χ1) is 44.7. The van der Waals surface area contributed by atoms with E-state index in [1.807, 2.05) is 6.08 Å². The summed E-state index contributed by atoms with van der Waals surface area (Å²) >= 11 is 0. The van der Waals surface area contributed by atoms with Crippen molar-refractivity contribution in [3.8, 4) is 0 Å². The number of amides is 1. The van der Waals surface area contributed by atoms with E-state index in [-0.39, 0.29) is 18.5 Å². The first kappa shape index (κ1) is 87.2. The summed E-state index contributed by atoms with van der Waals surface area (Å²) in [6.07, 6.45) is 79.3. The second-order valence-electron chi connectivity index (χ2n) is 28.1. The summed E-state index contributed by atoms with van der Waals surface area (Å²) in [5, 5.41) is 54.5. The molecule has 11 nitrogen and oxygen atoms in total. The van der Waals surface area contributed by atoms with E-state index in [0.29, 0.717) is 19.4 Å². The van der Waals surface area contributed by atoms with Crippen LogP contribution in [0.1, 0.15) is 412 Å². The normalized spacial score (nSPS) is 17.6. The molecule has 1 rings (SSSR count). The van der Waals surface area contributed by atoms with E-state index in [2.05, 4.69) is 31.3 Å². The second kappa shape index (κ2) is 69.5. The minimum absolute atomic E-state index is 0.0182. The van der Waals surface area contributed by atoms with E-state index in [0.717, 1.165) is 51.4 Å². The molecule has 1 aliphatic heterocycles. The predicted octanol–water partition coefficient (Wildman–Crippen LogP) is 21.5. The summed E-state index contributed by atoms with van der Waals surface area (Å²) in [6.45, 7) is 4.39. The number of hydrogen-bond acceptors (Lipinski definition) is 10. The molecular weight excluding hydrogens is 1130 g/mol. The van der Waals surface area contributed by atoms with Crippen LogP contribution >= 0.6 is 0 Å². The highest BCUT2D eigenvalue weighted by molar-refractivity contribution is 5.76. The molecule has 0 bridgehead atoms. The lowest BCUT2D eigenvalue weighted by molar-refractivity contribution is -0.302. The van der Waals surface area contributed by atoms with Crippen molar-refractivity contribution >= 4 is 11.9 Å². The first-order valence-corrected chi connectivity index (χ1v) is 40.1. The molecule has 0 aromatic rings. The van der Waals surface area contributed by atoms with Crippen LogP contribution in [0.2, 0.25) is 0 Å². The number of rotatable bonds is 72. The quantitative estimate of drug-likeness (QED) is 0.0195. The molecule has 6 N–H and O–H groups in total. The van der Waals surface area contributed by atoms with E-state index in [1.165, 1.54) is 334 Å². The number of ether oxygens (including phenoxy) is 3. The summed E-state index contributed by atoms with van der Waals surface area (Å²) in [4.78, 5) is 25.1. The second-order valence-corrected chi connectivity index (χ2v) is 28.1. The van der Waals surface area contributed by atoms with Gasteiger partial charge in [0, 0.05) is 12.8 Å². The Kier molecular flexibility index (Phi) is 66.6. The number of aliphatic hydroxyl groups excluding tert-OH is 5. The van der Waals surface area contributed by atoms with E-state index >= 15 is 0 Å². The van der Waals surface area contributed by atoms with Crippen molar-refractivity contribution in [2.45, 2.75) is 455 Å². The lowest BCUT2D eigenvalue weighted by atomic mass is 9.99. The van der Waals surface area contributed by atoms with Crippen LogP contribution in [0.15, 0.2) is 24.3 Å². The van der Waals surface area contributed by atoms with Gasteiger partial charge in [-0.2, -0.15) is 0 Å². The summed E-state index contributed by atoms with van der Waals surface area (Å²) in [7, 11) is 0. The van der Waals surface area contributed by atoms with Gasteiger partial charge < -0.3 is 45.1 Å². The molecule has 1 saturated heterocycles. The van der Waals surface area contributed by atoms with Gasteiger partial charge in [-0.15, -0.1) is 0 Å². The molecule has 538 valence electrons. The van der Waals surface area contributed by atoms with Crippen molar-refractivity contribution in [2.24, 2.45) is 0 Å². The Hall–Kier alpha value is -1.86. The zero-order valence-corrected chi connectivity index (χ0v) is 60.1. The molecule has 0 aromatic heterocycles. The van der Waals surface area contributed by atoms with Crippen LogP contribution in [-0.4, -0.2) is 100 Å². The SMILES string of the molecule is CCCCCCCCCCCC/C=C/C(O)C(COC1OC(CO)C(O)C(O)C1O)NC(=O)CCCCCCCCCCCCCCCCCCC/C=C\CCCCCCCCCCCCCCCCCCCCOC(=O)CCCCCCCCCCCCCC. The van der Waals surface area contributed by atoms with Crippen LogP contribution in [0.25, 0.3) is 0 Å². The van der Waals surface area contributed by atoms with E-state index in [9.17, 15) is 35.1 Å². The number of aliphatic hydroxyl groups is 5. The predicted molar refractivity (Wildman–Crippen MR) is 384 cm³/mol. The number of nitrogens with one attached hydrogen (secondary N) is 1. The van der Waals surface area contributed by atoms with Gasteiger partial charge >= 0.3 is 5.97 Å². The van der Waals surface area contributed by atoms with Crippen LogP contribution in [0, 0.1) is 0 Å². The zero-order chi connectivity index (χ0) is 65.8. The summed E-state index contributed by atoms with van der Waals surface area (Å²) in [5.41, 5.74) is 0. The number of unbranched alkanes of at least 4 members (excludes halogenated alkanes) is 56.